The van der Waals surface area contributed by atoms with Gasteiger partial charge in [-0.3, -0.25) is 0 Å². The zero-order chi connectivity index (χ0) is 7.40. The molecule has 10 heavy (non-hydrogen) atoms. The molecule has 1 rings (SSSR count). The number of aryl methyl sites for hydroxylation is 1. The van der Waals surface area contributed by atoms with Crippen LogP contribution in [0.4, 0.5) is 0 Å². The molecule has 0 saturated heterocycles. The average Bonchev–Trinajstić information content (AvgIpc) is 1.88. The predicted molar refractivity (Wildman–Crippen MR) is 43.7 cm³/mol. The Labute approximate surface area is 61.2 Å². The van der Waals surface area contributed by atoms with E-state index in [1.807, 2.05) is 12.1 Å². The third-order valence-electron chi connectivity index (χ3n) is 1.42. The van der Waals surface area contributed by atoms with Gasteiger partial charge in [0.2, 0.25) is 0 Å². The van der Waals surface area contributed by atoms with Crippen LogP contribution in [-0.4, -0.2) is 6.21 Å². The van der Waals surface area contributed by atoms with E-state index in [9.17, 15) is 0 Å². The lowest BCUT2D eigenvalue weighted by Gasteiger charge is -1.95. The fraction of sp³-hybridized carbons (Fsp3) is 0.222. The molecule has 0 atom stereocenters. The zero-order valence-electron chi connectivity index (χ0n) is 6.09. The summed E-state index contributed by atoms with van der Waals surface area (Å²) in [5.41, 5.74) is 2.48. The highest BCUT2D eigenvalue weighted by Gasteiger charge is 1.87. The molecule has 0 saturated carbocycles. The molecule has 1 nitrogen and oxygen atoms in total. The van der Waals surface area contributed by atoms with Crippen LogP contribution in [0.25, 0.3) is 0 Å². The van der Waals surface area contributed by atoms with Crippen molar-refractivity contribution in [3.63, 3.8) is 0 Å². The summed E-state index contributed by atoms with van der Waals surface area (Å²) >= 11 is 0. The van der Waals surface area contributed by atoms with E-state index < -0.39 is 0 Å². The molecule has 52 valence electrons. The van der Waals surface area contributed by atoms with Gasteiger partial charge in [0.15, 0.2) is 0 Å². The summed E-state index contributed by atoms with van der Waals surface area (Å²) in [5, 5.41) is 6.89. The van der Waals surface area contributed by atoms with Crippen LogP contribution < -0.4 is 0 Å². The number of hydrogen-bond acceptors (Lipinski definition) is 1. The number of rotatable bonds is 2. The zero-order valence-corrected chi connectivity index (χ0v) is 6.09. The molecule has 1 heteroatoms. The van der Waals surface area contributed by atoms with Gasteiger partial charge in [-0.1, -0.05) is 29.8 Å². The van der Waals surface area contributed by atoms with Crippen molar-refractivity contribution < 1.29 is 0 Å². The van der Waals surface area contributed by atoms with E-state index in [4.69, 9.17) is 5.41 Å². The quantitative estimate of drug-likeness (QED) is 0.598. The monoisotopic (exact) mass is 133 g/mol. The van der Waals surface area contributed by atoms with Crippen molar-refractivity contribution in [1.29, 1.82) is 5.41 Å². The Bertz CT molecular complexity index is 228. The summed E-state index contributed by atoms with van der Waals surface area (Å²) in [6.07, 6.45) is 2.18. The Morgan fingerprint density at radius 3 is 2.90 bits per heavy atom. The SMILES string of the molecule is Cc1cccc(CC=N)c1. The second-order valence-corrected chi connectivity index (χ2v) is 2.40. The lowest BCUT2D eigenvalue weighted by Crippen LogP contribution is -1.84. The molecule has 0 unspecified atom stereocenters. The third kappa shape index (κ3) is 1.69. The van der Waals surface area contributed by atoms with Crippen molar-refractivity contribution in [3.05, 3.63) is 35.4 Å². The maximum atomic E-state index is 6.89. The molecule has 1 aromatic carbocycles. The highest BCUT2D eigenvalue weighted by Crippen LogP contribution is 2.02. The van der Waals surface area contributed by atoms with Crippen LogP contribution in [0.1, 0.15) is 11.1 Å². The fourth-order valence-electron chi connectivity index (χ4n) is 0.957. The minimum absolute atomic E-state index is 0.752. The topological polar surface area (TPSA) is 23.9 Å². The van der Waals surface area contributed by atoms with Gasteiger partial charge in [0, 0.05) is 6.42 Å². The van der Waals surface area contributed by atoms with E-state index in [1.54, 1.807) is 0 Å². The van der Waals surface area contributed by atoms with Crippen molar-refractivity contribution in [1.82, 2.24) is 0 Å². The molecule has 1 aromatic rings. The minimum atomic E-state index is 0.752. The van der Waals surface area contributed by atoms with Gasteiger partial charge < -0.3 is 5.41 Å². The summed E-state index contributed by atoms with van der Waals surface area (Å²) < 4.78 is 0. The summed E-state index contributed by atoms with van der Waals surface area (Å²) in [7, 11) is 0. The molecular formula is C9H11N. The first kappa shape index (κ1) is 7.00. The highest BCUT2D eigenvalue weighted by molar-refractivity contribution is 5.57. The predicted octanol–water partition coefficient (Wildman–Crippen LogP) is 2.19. The van der Waals surface area contributed by atoms with E-state index in [1.165, 1.54) is 17.3 Å². The molecule has 0 aliphatic carbocycles. The van der Waals surface area contributed by atoms with E-state index in [-0.39, 0.29) is 0 Å². The van der Waals surface area contributed by atoms with Crippen molar-refractivity contribution >= 4 is 6.21 Å². The normalized spacial score (nSPS) is 9.30. The molecule has 1 N–H and O–H groups in total. The molecule has 0 aromatic heterocycles. The van der Waals surface area contributed by atoms with E-state index in [2.05, 4.69) is 19.1 Å². The van der Waals surface area contributed by atoms with Crippen LogP contribution in [0.3, 0.4) is 0 Å². The van der Waals surface area contributed by atoms with Crippen LogP contribution >= 0.6 is 0 Å². The maximum Gasteiger partial charge on any atom is 0.00715 e. The summed E-state index contributed by atoms with van der Waals surface area (Å²) in [4.78, 5) is 0. The summed E-state index contributed by atoms with van der Waals surface area (Å²) in [6, 6.07) is 8.23. The molecule has 0 aliphatic heterocycles. The second kappa shape index (κ2) is 3.16. The molecule has 0 bridgehead atoms. The van der Waals surface area contributed by atoms with Crippen LogP contribution in [0, 0.1) is 12.3 Å². The van der Waals surface area contributed by atoms with Crippen LogP contribution in [0.2, 0.25) is 0 Å². The van der Waals surface area contributed by atoms with Gasteiger partial charge in [-0.15, -0.1) is 0 Å². The van der Waals surface area contributed by atoms with Gasteiger partial charge in [0.05, 0.1) is 0 Å². The maximum absolute atomic E-state index is 6.89. The van der Waals surface area contributed by atoms with Crippen molar-refractivity contribution in [3.8, 4) is 0 Å². The average molecular weight is 133 g/mol. The van der Waals surface area contributed by atoms with Gasteiger partial charge in [-0.25, -0.2) is 0 Å². The Hall–Kier alpha value is -1.11. The standard InChI is InChI=1S/C9H11N/c1-8-3-2-4-9(7-8)5-6-10/h2-4,6-7,10H,5H2,1H3. The first-order valence-electron chi connectivity index (χ1n) is 3.37. The fourth-order valence-corrected chi connectivity index (χ4v) is 0.957. The molecule has 0 heterocycles. The van der Waals surface area contributed by atoms with Gasteiger partial charge in [-0.2, -0.15) is 0 Å². The van der Waals surface area contributed by atoms with Gasteiger partial charge in [0.25, 0.3) is 0 Å². The van der Waals surface area contributed by atoms with Crippen molar-refractivity contribution in [2.75, 3.05) is 0 Å². The van der Waals surface area contributed by atoms with Crippen LogP contribution in [-0.2, 0) is 6.42 Å². The van der Waals surface area contributed by atoms with Gasteiger partial charge >= 0.3 is 0 Å². The largest absolute Gasteiger partial charge is 0.313 e. The molecular weight excluding hydrogens is 122 g/mol. The Balaban J connectivity index is 2.84. The van der Waals surface area contributed by atoms with Crippen molar-refractivity contribution in [2.45, 2.75) is 13.3 Å². The Morgan fingerprint density at radius 1 is 1.50 bits per heavy atom. The van der Waals surface area contributed by atoms with Gasteiger partial charge in [-0.05, 0) is 18.7 Å². The number of nitrogens with one attached hydrogen (secondary N) is 1. The molecule has 0 aliphatic rings. The molecule has 0 fully saturated rings. The Kier molecular flexibility index (Phi) is 2.21. The van der Waals surface area contributed by atoms with E-state index >= 15 is 0 Å². The number of benzene rings is 1. The molecule has 0 spiro atoms. The molecule has 0 radical (unpaired) electrons. The summed E-state index contributed by atoms with van der Waals surface area (Å²) in [6.45, 7) is 2.06. The molecule has 0 amide bonds. The summed E-state index contributed by atoms with van der Waals surface area (Å²) in [5.74, 6) is 0. The van der Waals surface area contributed by atoms with E-state index in [0.717, 1.165) is 6.42 Å². The van der Waals surface area contributed by atoms with Crippen molar-refractivity contribution in [2.24, 2.45) is 0 Å². The third-order valence-corrected chi connectivity index (χ3v) is 1.42. The smallest absolute Gasteiger partial charge is 0.00715 e. The lowest BCUT2D eigenvalue weighted by atomic mass is 10.1. The number of hydrogen-bond donors (Lipinski definition) is 1. The van der Waals surface area contributed by atoms with Gasteiger partial charge in [0.1, 0.15) is 0 Å². The van der Waals surface area contributed by atoms with E-state index in [0.29, 0.717) is 0 Å². The first-order valence-corrected chi connectivity index (χ1v) is 3.37. The van der Waals surface area contributed by atoms with Crippen LogP contribution in [0.15, 0.2) is 24.3 Å². The lowest BCUT2D eigenvalue weighted by molar-refractivity contribution is 1.30. The Morgan fingerprint density at radius 2 is 2.30 bits per heavy atom. The first-order chi connectivity index (χ1) is 4.83. The second-order valence-electron chi connectivity index (χ2n) is 2.40. The van der Waals surface area contributed by atoms with Crippen LogP contribution in [0.5, 0.6) is 0 Å². The minimum Gasteiger partial charge on any atom is -0.313 e. The highest BCUT2D eigenvalue weighted by atomic mass is 14.3.